The Bertz CT molecular complexity index is 275. The van der Waals surface area contributed by atoms with Gasteiger partial charge in [-0.25, -0.2) is 0 Å². The van der Waals surface area contributed by atoms with Gasteiger partial charge in [0.05, 0.1) is 0 Å². The van der Waals surface area contributed by atoms with Crippen molar-refractivity contribution in [1.29, 1.82) is 0 Å². The van der Waals surface area contributed by atoms with E-state index in [9.17, 15) is 4.79 Å². The summed E-state index contributed by atoms with van der Waals surface area (Å²) in [6.07, 6.45) is 20.9. The van der Waals surface area contributed by atoms with Crippen molar-refractivity contribution in [2.24, 2.45) is 0 Å². The summed E-state index contributed by atoms with van der Waals surface area (Å²) < 4.78 is 0. The molecular formula is C20H41NO2. The van der Waals surface area contributed by atoms with Crippen molar-refractivity contribution in [3.05, 3.63) is 12.2 Å². The smallest absolute Gasteiger partial charge is 0.160 e. The number of aliphatic hydroxyl groups excluding tert-OH is 1. The Morgan fingerprint density at radius 2 is 1.26 bits per heavy atom. The van der Waals surface area contributed by atoms with Crippen LogP contribution >= 0.6 is 0 Å². The summed E-state index contributed by atoms with van der Waals surface area (Å²) in [5.41, 5.74) is 0. The lowest BCUT2D eigenvalue weighted by atomic mass is 10.1. The molecule has 0 aliphatic heterocycles. The number of Topliss-reactive ketones (excluding diaryl/α,β-unsaturated/α-hetero) is 1. The molecule has 0 radical (unpaired) electrons. The van der Waals surface area contributed by atoms with Gasteiger partial charge in [0.15, 0.2) is 5.78 Å². The topological polar surface area (TPSA) is 72.3 Å². The zero-order chi connectivity index (χ0) is 16.5. The minimum Gasteiger partial charge on any atom is -0.386 e. The quantitative estimate of drug-likeness (QED) is 0.264. The van der Waals surface area contributed by atoms with Crippen molar-refractivity contribution in [1.82, 2.24) is 6.15 Å². The average Bonchev–Trinajstić information content (AvgIpc) is 2.50. The van der Waals surface area contributed by atoms with Gasteiger partial charge in [-0.2, -0.15) is 0 Å². The maximum atomic E-state index is 11.2. The van der Waals surface area contributed by atoms with E-state index in [0.29, 0.717) is 6.42 Å². The van der Waals surface area contributed by atoms with Crippen LogP contribution < -0.4 is 6.15 Å². The summed E-state index contributed by atoms with van der Waals surface area (Å²) in [5, 5.41) is 9.08. The summed E-state index contributed by atoms with van der Waals surface area (Å²) in [7, 11) is 0. The molecule has 0 bridgehead atoms. The maximum absolute atomic E-state index is 11.2. The second-order valence-corrected chi connectivity index (χ2v) is 6.48. The van der Waals surface area contributed by atoms with Crippen LogP contribution in [0.15, 0.2) is 12.2 Å². The van der Waals surface area contributed by atoms with Gasteiger partial charge in [0.25, 0.3) is 0 Å². The van der Waals surface area contributed by atoms with Gasteiger partial charge in [-0.05, 0) is 39.0 Å². The van der Waals surface area contributed by atoms with Crippen LogP contribution in [0.5, 0.6) is 0 Å². The van der Waals surface area contributed by atoms with Crippen LogP contribution in [0.1, 0.15) is 104 Å². The predicted molar refractivity (Wildman–Crippen MR) is 101 cm³/mol. The lowest BCUT2D eigenvalue weighted by molar-refractivity contribution is -0.126. The molecule has 0 rings (SSSR count). The van der Waals surface area contributed by atoms with Crippen LogP contribution in [0.4, 0.5) is 0 Å². The number of unbranched alkanes of at least 4 members (excludes halogenated alkanes) is 11. The molecule has 0 saturated heterocycles. The summed E-state index contributed by atoms with van der Waals surface area (Å²) in [5.74, 6) is -0.0161. The number of rotatable bonds is 16. The van der Waals surface area contributed by atoms with E-state index in [2.05, 4.69) is 19.1 Å². The van der Waals surface area contributed by atoms with Crippen molar-refractivity contribution >= 4 is 5.78 Å². The number of aliphatic hydroxyl groups is 1. The van der Waals surface area contributed by atoms with Crippen molar-refractivity contribution < 1.29 is 9.90 Å². The van der Waals surface area contributed by atoms with Crippen LogP contribution in [0.25, 0.3) is 0 Å². The molecule has 0 heterocycles. The fourth-order valence-corrected chi connectivity index (χ4v) is 2.58. The highest BCUT2D eigenvalue weighted by Gasteiger charge is 2.07. The molecule has 3 nitrogen and oxygen atoms in total. The van der Waals surface area contributed by atoms with E-state index in [1.807, 2.05) is 0 Å². The first-order valence-electron chi connectivity index (χ1n) is 9.54. The Hall–Kier alpha value is -0.670. The zero-order valence-corrected chi connectivity index (χ0v) is 15.7. The Balaban J connectivity index is 0. The zero-order valence-electron chi connectivity index (χ0n) is 15.7. The van der Waals surface area contributed by atoms with Gasteiger partial charge in [0.1, 0.15) is 6.10 Å². The number of hydrogen-bond acceptors (Lipinski definition) is 3. The third-order valence-corrected chi connectivity index (χ3v) is 4.15. The van der Waals surface area contributed by atoms with Crippen molar-refractivity contribution in [3.8, 4) is 0 Å². The molecule has 0 aliphatic carbocycles. The number of hydrogen-bond donors (Lipinski definition) is 2. The third kappa shape index (κ3) is 19.3. The van der Waals surface area contributed by atoms with Crippen LogP contribution in [0.3, 0.4) is 0 Å². The summed E-state index contributed by atoms with van der Waals surface area (Å²) >= 11 is 0. The summed E-state index contributed by atoms with van der Waals surface area (Å²) in [4.78, 5) is 11.2. The van der Waals surface area contributed by atoms with Crippen molar-refractivity contribution in [2.45, 2.75) is 110 Å². The molecule has 0 fully saturated rings. The van der Waals surface area contributed by atoms with Crippen LogP contribution in [-0.2, 0) is 4.79 Å². The molecule has 1 unspecified atom stereocenters. The largest absolute Gasteiger partial charge is 0.386 e. The number of carbonyl (C=O) groups excluding carboxylic acids is 1. The molecule has 0 spiro atoms. The molecule has 3 heteroatoms. The van der Waals surface area contributed by atoms with Crippen LogP contribution in [0, 0.1) is 0 Å². The molecule has 138 valence electrons. The Morgan fingerprint density at radius 3 is 1.74 bits per heavy atom. The second-order valence-electron chi connectivity index (χ2n) is 6.48. The van der Waals surface area contributed by atoms with Gasteiger partial charge >= 0.3 is 0 Å². The monoisotopic (exact) mass is 327 g/mol. The molecule has 0 aromatic carbocycles. The van der Waals surface area contributed by atoms with E-state index in [1.54, 1.807) is 6.92 Å². The lowest BCUT2D eigenvalue weighted by Gasteiger charge is -2.03. The normalized spacial score (nSPS) is 12.3. The van der Waals surface area contributed by atoms with Crippen LogP contribution in [0.2, 0.25) is 0 Å². The highest BCUT2D eigenvalue weighted by atomic mass is 16.3. The molecule has 0 aromatic heterocycles. The van der Waals surface area contributed by atoms with Gasteiger partial charge in [0.2, 0.25) is 0 Å². The Labute approximate surface area is 144 Å². The third-order valence-electron chi connectivity index (χ3n) is 4.15. The number of carbonyl (C=O) groups is 1. The maximum Gasteiger partial charge on any atom is 0.160 e. The molecule has 0 aromatic rings. The van der Waals surface area contributed by atoms with Gasteiger partial charge in [-0.15, -0.1) is 0 Å². The van der Waals surface area contributed by atoms with Crippen LogP contribution in [-0.4, -0.2) is 17.0 Å². The van der Waals surface area contributed by atoms with E-state index in [1.165, 1.54) is 70.6 Å². The SMILES string of the molecule is CCCCCCCC/C=C\CCCCCCCC(=O)C(C)O.N. The van der Waals surface area contributed by atoms with Crippen molar-refractivity contribution in [3.63, 3.8) is 0 Å². The minimum atomic E-state index is -0.781. The van der Waals surface area contributed by atoms with E-state index in [0.717, 1.165) is 12.8 Å². The fourth-order valence-electron chi connectivity index (χ4n) is 2.58. The standard InChI is InChI=1S/C20H38O2.H3N/c1-3-4-5-6-7-8-9-10-11-12-13-14-15-16-17-18-20(22)19(2)21;/h10-11,19,21H,3-9,12-18H2,1-2H3;1H3/b11-10-;. The van der Waals surface area contributed by atoms with Crippen molar-refractivity contribution in [2.75, 3.05) is 0 Å². The first kappa shape index (κ1) is 24.6. The minimum absolute atomic E-state index is 0. The van der Waals surface area contributed by atoms with E-state index < -0.39 is 6.10 Å². The van der Waals surface area contributed by atoms with Gasteiger partial charge in [-0.3, -0.25) is 4.79 Å². The predicted octanol–water partition coefficient (Wildman–Crippen LogP) is 6.14. The second kappa shape index (κ2) is 19.4. The first-order valence-corrected chi connectivity index (χ1v) is 9.54. The first-order chi connectivity index (χ1) is 10.7. The summed E-state index contributed by atoms with van der Waals surface area (Å²) in [6.45, 7) is 3.82. The molecular weight excluding hydrogens is 286 g/mol. The Morgan fingerprint density at radius 1 is 0.826 bits per heavy atom. The fraction of sp³-hybridized carbons (Fsp3) is 0.850. The Kier molecular flexibility index (Phi) is 20.7. The highest BCUT2D eigenvalue weighted by molar-refractivity contribution is 5.82. The highest BCUT2D eigenvalue weighted by Crippen LogP contribution is 2.10. The number of allylic oxidation sites excluding steroid dienone is 2. The average molecular weight is 328 g/mol. The van der Waals surface area contributed by atoms with E-state index in [-0.39, 0.29) is 11.9 Å². The molecule has 0 saturated carbocycles. The van der Waals surface area contributed by atoms with Gasteiger partial charge < -0.3 is 11.3 Å². The van der Waals surface area contributed by atoms with Gasteiger partial charge in [0, 0.05) is 6.42 Å². The number of ketones is 1. The van der Waals surface area contributed by atoms with E-state index in [4.69, 9.17) is 5.11 Å². The van der Waals surface area contributed by atoms with Gasteiger partial charge in [-0.1, -0.05) is 70.4 Å². The lowest BCUT2D eigenvalue weighted by Crippen LogP contribution is -2.15. The molecule has 23 heavy (non-hydrogen) atoms. The summed E-state index contributed by atoms with van der Waals surface area (Å²) in [6, 6.07) is 0. The molecule has 0 amide bonds. The molecule has 1 atom stereocenters. The molecule has 4 N–H and O–H groups in total. The molecule has 0 aliphatic rings. The van der Waals surface area contributed by atoms with E-state index >= 15 is 0 Å².